The third-order valence-electron chi connectivity index (χ3n) is 3.97. The minimum Gasteiger partial charge on any atom is -0.351 e. The summed E-state index contributed by atoms with van der Waals surface area (Å²) in [7, 11) is 0. The summed E-state index contributed by atoms with van der Waals surface area (Å²) in [6.45, 7) is 4.14. The predicted molar refractivity (Wildman–Crippen MR) is 90.0 cm³/mol. The normalized spacial score (nSPS) is 12.3. The Labute approximate surface area is 130 Å². The van der Waals surface area contributed by atoms with E-state index in [-0.39, 0.29) is 11.9 Å². The van der Waals surface area contributed by atoms with Crippen molar-refractivity contribution in [1.82, 2.24) is 10.3 Å². The molecule has 1 atom stereocenters. The Morgan fingerprint density at radius 3 is 2.55 bits per heavy atom. The molecule has 3 rings (SSSR count). The molecule has 3 aromatic rings. The average Bonchev–Trinajstić information content (AvgIpc) is 2.97. The number of aryl methyl sites for hydroxylation is 1. The fraction of sp³-hybridized carbons (Fsp3) is 0.211. The molecule has 0 unspecified atom stereocenters. The van der Waals surface area contributed by atoms with E-state index >= 15 is 0 Å². The quantitative estimate of drug-likeness (QED) is 0.737. The van der Waals surface area contributed by atoms with Crippen molar-refractivity contribution in [2.24, 2.45) is 0 Å². The molecule has 1 aromatic heterocycles. The van der Waals surface area contributed by atoms with Crippen LogP contribution in [0.5, 0.6) is 0 Å². The van der Waals surface area contributed by atoms with Gasteiger partial charge in [-0.1, -0.05) is 55.0 Å². The first kappa shape index (κ1) is 14.4. The first-order valence-electron chi connectivity index (χ1n) is 7.62. The molecule has 0 aliphatic rings. The van der Waals surface area contributed by atoms with Crippen molar-refractivity contribution in [1.29, 1.82) is 0 Å². The van der Waals surface area contributed by atoms with Crippen LogP contribution >= 0.6 is 0 Å². The Bertz CT molecular complexity index is 754. The highest BCUT2D eigenvalue weighted by Crippen LogP contribution is 2.19. The van der Waals surface area contributed by atoms with E-state index in [1.807, 2.05) is 30.3 Å². The molecule has 112 valence electrons. The molecule has 0 spiro atoms. The van der Waals surface area contributed by atoms with E-state index in [2.05, 4.69) is 48.4 Å². The van der Waals surface area contributed by atoms with Gasteiger partial charge in [0.15, 0.2) is 0 Å². The molecule has 0 bridgehead atoms. The number of para-hydroxylation sites is 1. The Morgan fingerprint density at radius 1 is 1.14 bits per heavy atom. The Balaban J connectivity index is 1.80. The van der Waals surface area contributed by atoms with Crippen LogP contribution < -0.4 is 5.32 Å². The lowest BCUT2D eigenvalue weighted by Gasteiger charge is -2.17. The number of nitrogens with one attached hydrogen (secondary N) is 2. The number of rotatable bonds is 4. The van der Waals surface area contributed by atoms with Crippen molar-refractivity contribution in [3.8, 4) is 0 Å². The van der Waals surface area contributed by atoms with Gasteiger partial charge in [-0.2, -0.15) is 0 Å². The van der Waals surface area contributed by atoms with Crippen LogP contribution in [-0.4, -0.2) is 10.9 Å². The van der Waals surface area contributed by atoms with E-state index in [1.165, 1.54) is 5.56 Å². The molecule has 0 fully saturated rings. The smallest absolute Gasteiger partial charge is 0.268 e. The van der Waals surface area contributed by atoms with Crippen LogP contribution in [-0.2, 0) is 0 Å². The molecule has 3 heteroatoms. The summed E-state index contributed by atoms with van der Waals surface area (Å²) in [4.78, 5) is 15.7. The molecule has 1 amide bonds. The highest BCUT2D eigenvalue weighted by Gasteiger charge is 2.15. The van der Waals surface area contributed by atoms with E-state index in [0.29, 0.717) is 5.69 Å². The predicted octanol–water partition coefficient (Wildman–Crippen LogP) is 4.36. The molecular formula is C19H20N2O. The SMILES string of the molecule is CC[C@@H](NC(=O)c1cc2ccccc2[nH]1)c1ccc(C)cc1. The molecule has 2 aromatic carbocycles. The number of fused-ring (bicyclic) bond motifs is 1. The van der Waals surface area contributed by atoms with Crippen LogP contribution in [0.2, 0.25) is 0 Å². The first-order valence-corrected chi connectivity index (χ1v) is 7.62. The number of amides is 1. The minimum atomic E-state index is -0.0661. The van der Waals surface area contributed by atoms with Gasteiger partial charge >= 0.3 is 0 Å². The van der Waals surface area contributed by atoms with Gasteiger partial charge < -0.3 is 10.3 Å². The first-order chi connectivity index (χ1) is 10.7. The Morgan fingerprint density at radius 2 is 1.86 bits per heavy atom. The zero-order valence-electron chi connectivity index (χ0n) is 12.9. The minimum absolute atomic E-state index is 0.0273. The fourth-order valence-electron chi connectivity index (χ4n) is 2.65. The number of aromatic amines is 1. The van der Waals surface area contributed by atoms with Gasteiger partial charge in [0.05, 0.1) is 6.04 Å². The number of aromatic nitrogens is 1. The summed E-state index contributed by atoms with van der Waals surface area (Å²) >= 11 is 0. The van der Waals surface area contributed by atoms with Crippen molar-refractivity contribution in [3.05, 3.63) is 71.4 Å². The summed E-state index contributed by atoms with van der Waals surface area (Å²) < 4.78 is 0. The van der Waals surface area contributed by atoms with Crippen LogP contribution in [0.25, 0.3) is 10.9 Å². The zero-order chi connectivity index (χ0) is 15.5. The lowest BCUT2D eigenvalue weighted by Crippen LogP contribution is -2.28. The molecule has 0 aliphatic carbocycles. The van der Waals surface area contributed by atoms with Crippen molar-refractivity contribution in [2.75, 3.05) is 0 Å². The van der Waals surface area contributed by atoms with E-state index in [0.717, 1.165) is 22.9 Å². The van der Waals surface area contributed by atoms with E-state index in [9.17, 15) is 4.79 Å². The molecule has 0 aliphatic heterocycles. The Hall–Kier alpha value is -2.55. The zero-order valence-corrected chi connectivity index (χ0v) is 12.9. The molecule has 0 saturated heterocycles. The summed E-state index contributed by atoms with van der Waals surface area (Å²) in [6.07, 6.45) is 0.856. The third-order valence-corrected chi connectivity index (χ3v) is 3.97. The molecule has 22 heavy (non-hydrogen) atoms. The van der Waals surface area contributed by atoms with E-state index < -0.39 is 0 Å². The topological polar surface area (TPSA) is 44.9 Å². The lowest BCUT2D eigenvalue weighted by molar-refractivity contribution is 0.0931. The number of carbonyl (C=O) groups excluding carboxylic acids is 1. The number of hydrogen-bond donors (Lipinski definition) is 2. The van der Waals surface area contributed by atoms with Gasteiger partial charge in [-0.25, -0.2) is 0 Å². The molecular weight excluding hydrogens is 272 g/mol. The second-order valence-corrected chi connectivity index (χ2v) is 5.62. The average molecular weight is 292 g/mol. The number of carbonyl (C=O) groups is 1. The van der Waals surface area contributed by atoms with Crippen LogP contribution in [0, 0.1) is 6.92 Å². The largest absolute Gasteiger partial charge is 0.351 e. The van der Waals surface area contributed by atoms with Crippen LogP contribution in [0.3, 0.4) is 0 Å². The highest BCUT2D eigenvalue weighted by atomic mass is 16.1. The second kappa shape index (κ2) is 6.06. The van der Waals surface area contributed by atoms with Crippen LogP contribution in [0.1, 0.15) is 41.0 Å². The van der Waals surface area contributed by atoms with Gasteiger partial charge in [-0.3, -0.25) is 4.79 Å². The van der Waals surface area contributed by atoms with Crippen molar-refractivity contribution in [3.63, 3.8) is 0 Å². The van der Waals surface area contributed by atoms with Gasteiger partial charge in [-0.15, -0.1) is 0 Å². The lowest BCUT2D eigenvalue weighted by atomic mass is 10.0. The highest BCUT2D eigenvalue weighted by molar-refractivity contribution is 5.98. The standard InChI is InChI=1S/C19H20N2O/c1-3-16(14-10-8-13(2)9-11-14)21-19(22)18-12-15-6-4-5-7-17(15)20-18/h4-12,16,20H,3H2,1-2H3,(H,21,22)/t16-/m1/s1. The van der Waals surface area contributed by atoms with Crippen molar-refractivity contribution >= 4 is 16.8 Å². The molecule has 0 radical (unpaired) electrons. The summed E-state index contributed by atoms with van der Waals surface area (Å²) in [5, 5.41) is 4.16. The van der Waals surface area contributed by atoms with E-state index in [4.69, 9.17) is 0 Å². The molecule has 0 saturated carbocycles. The van der Waals surface area contributed by atoms with Gasteiger partial charge in [0.1, 0.15) is 5.69 Å². The number of H-pyrrole nitrogens is 1. The summed E-state index contributed by atoms with van der Waals surface area (Å²) in [6, 6.07) is 18.1. The van der Waals surface area contributed by atoms with Gasteiger partial charge in [0, 0.05) is 10.9 Å². The maximum Gasteiger partial charge on any atom is 0.268 e. The van der Waals surface area contributed by atoms with Crippen molar-refractivity contribution in [2.45, 2.75) is 26.3 Å². The fourth-order valence-corrected chi connectivity index (χ4v) is 2.65. The monoisotopic (exact) mass is 292 g/mol. The molecule has 2 N–H and O–H groups in total. The van der Waals surface area contributed by atoms with Crippen LogP contribution in [0.4, 0.5) is 0 Å². The van der Waals surface area contributed by atoms with Crippen LogP contribution in [0.15, 0.2) is 54.6 Å². The molecule has 3 nitrogen and oxygen atoms in total. The van der Waals surface area contributed by atoms with E-state index in [1.54, 1.807) is 0 Å². The van der Waals surface area contributed by atoms with Gasteiger partial charge in [0.2, 0.25) is 0 Å². The molecule has 1 heterocycles. The van der Waals surface area contributed by atoms with Gasteiger partial charge in [0.25, 0.3) is 5.91 Å². The second-order valence-electron chi connectivity index (χ2n) is 5.62. The maximum atomic E-state index is 12.5. The number of benzene rings is 2. The van der Waals surface area contributed by atoms with Crippen molar-refractivity contribution < 1.29 is 4.79 Å². The Kier molecular flexibility index (Phi) is 3.96. The summed E-state index contributed by atoms with van der Waals surface area (Å²) in [5.41, 5.74) is 3.95. The summed E-state index contributed by atoms with van der Waals surface area (Å²) in [5.74, 6) is -0.0661. The number of hydrogen-bond acceptors (Lipinski definition) is 1. The third kappa shape index (κ3) is 2.89. The van der Waals surface area contributed by atoms with Gasteiger partial charge in [-0.05, 0) is 31.0 Å². The maximum absolute atomic E-state index is 12.5.